The van der Waals surface area contributed by atoms with E-state index in [-0.39, 0.29) is 0 Å². The zero-order chi connectivity index (χ0) is 13.0. The van der Waals surface area contributed by atoms with Gasteiger partial charge in [-0.05, 0) is 31.1 Å². The van der Waals surface area contributed by atoms with E-state index in [0.717, 1.165) is 26.2 Å². The van der Waals surface area contributed by atoms with E-state index >= 15 is 0 Å². The van der Waals surface area contributed by atoms with Gasteiger partial charge in [0.15, 0.2) is 0 Å². The highest BCUT2D eigenvalue weighted by atomic mass is 35.5. The van der Waals surface area contributed by atoms with E-state index in [1.54, 1.807) is 0 Å². The summed E-state index contributed by atoms with van der Waals surface area (Å²) in [5.41, 5.74) is 2.57. The lowest BCUT2D eigenvalue weighted by atomic mass is 10.2. The standard InChI is InChI=1S/C15H23ClN2/c1-3-17(4-2)14-9-10-18(12-14)15-8-6-5-7-13(15)11-16/h5-8,14H,3-4,9-12H2,1-2H3. The zero-order valence-corrected chi connectivity index (χ0v) is 12.2. The Hall–Kier alpha value is -0.730. The molecule has 0 aliphatic carbocycles. The fourth-order valence-corrected chi connectivity index (χ4v) is 3.16. The minimum atomic E-state index is 0.600. The molecule has 2 nitrogen and oxygen atoms in total. The number of nitrogens with zero attached hydrogens (tertiary/aromatic N) is 2. The Bertz CT molecular complexity index is 377. The number of anilines is 1. The van der Waals surface area contributed by atoms with Gasteiger partial charge in [-0.1, -0.05) is 32.0 Å². The third-order valence-corrected chi connectivity index (χ3v) is 4.26. The van der Waals surface area contributed by atoms with Crippen LogP contribution in [0.5, 0.6) is 0 Å². The molecule has 0 bridgehead atoms. The molecule has 0 amide bonds. The van der Waals surface area contributed by atoms with Gasteiger partial charge in [0.05, 0.1) is 0 Å². The number of para-hydroxylation sites is 1. The van der Waals surface area contributed by atoms with Gasteiger partial charge in [0.2, 0.25) is 0 Å². The maximum Gasteiger partial charge on any atom is 0.0494 e. The lowest BCUT2D eigenvalue weighted by Gasteiger charge is -2.27. The van der Waals surface area contributed by atoms with Crippen LogP contribution in [-0.2, 0) is 5.88 Å². The monoisotopic (exact) mass is 266 g/mol. The highest BCUT2D eigenvalue weighted by molar-refractivity contribution is 6.17. The number of hydrogen-bond acceptors (Lipinski definition) is 2. The van der Waals surface area contributed by atoms with Crippen LogP contribution in [0, 0.1) is 0 Å². The van der Waals surface area contributed by atoms with Crippen LogP contribution in [0.1, 0.15) is 25.8 Å². The Labute approximate surface area is 116 Å². The van der Waals surface area contributed by atoms with Gasteiger partial charge in [0.25, 0.3) is 0 Å². The van der Waals surface area contributed by atoms with Crippen LogP contribution >= 0.6 is 11.6 Å². The fraction of sp³-hybridized carbons (Fsp3) is 0.600. The molecule has 1 aliphatic heterocycles. The van der Waals surface area contributed by atoms with Gasteiger partial charge in [-0.15, -0.1) is 11.6 Å². The second kappa shape index (κ2) is 6.44. The van der Waals surface area contributed by atoms with Crippen LogP contribution in [0.2, 0.25) is 0 Å². The maximum absolute atomic E-state index is 6.03. The normalized spacial score (nSPS) is 19.8. The largest absolute Gasteiger partial charge is 0.370 e. The lowest BCUT2D eigenvalue weighted by Crippen LogP contribution is -2.37. The first-order valence-electron chi connectivity index (χ1n) is 6.93. The van der Waals surface area contributed by atoms with Crippen LogP contribution < -0.4 is 4.90 Å². The van der Waals surface area contributed by atoms with Gasteiger partial charge >= 0.3 is 0 Å². The number of hydrogen-bond donors (Lipinski definition) is 0. The summed E-state index contributed by atoms with van der Waals surface area (Å²) in [4.78, 5) is 5.05. The van der Waals surface area contributed by atoms with Crippen LogP contribution in [-0.4, -0.2) is 37.1 Å². The second-order valence-corrected chi connectivity index (χ2v) is 5.14. The Balaban J connectivity index is 2.08. The molecule has 1 fully saturated rings. The SMILES string of the molecule is CCN(CC)C1CCN(c2ccccc2CCl)C1. The van der Waals surface area contributed by atoms with Crippen molar-refractivity contribution < 1.29 is 0 Å². The van der Waals surface area contributed by atoms with E-state index < -0.39 is 0 Å². The first kappa shape index (κ1) is 13.7. The number of likely N-dealkylation sites (N-methyl/N-ethyl adjacent to an activating group) is 1. The van der Waals surface area contributed by atoms with Gasteiger partial charge < -0.3 is 4.90 Å². The summed E-state index contributed by atoms with van der Waals surface area (Å²) in [6, 6.07) is 9.20. The predicted molar refractivity (Wildman–Crippen MR) is 79.5 cm³/mol. The summed E-state index contributed by atoms with van der Waals surface area (Å²) < 4.78 is 0. The second-order valence-electron chi connectivity index (χ2n) is 4.87. The van der Waals surface area contributed by atoms with Gasteiger partial charge in [0, 0.05) is 30.7 Å². The van der Waals surface area contributed by atoms with E-state index in [0.29, 0.717) is 11.9 Å². The minimum absolute atomic E-state index is 0.600. The van der Waals surface area contributed by atoms with Crippen molar-refractivity contribution in [1.82, 2.24) is 4.90 Å². The first-order chi connectivity index (χ1) is 8.80. The third kappa shape index (κ3) is 2.81. The van der Waals surface area contributed by atoms with Crippen molar-refractivity contribution in [3.05, 3.63) is 29.8 Å². The third-order valence-electron chi connectivity index (χ3n) is 3.97. The van der Waals surface area contributed by atoms with Gasteiger partial charge in [-0.2, -0.15) is 0 Å². The number of rotatable bonds is 5. The summed E-state index contributed by atoms with van der Waals surface area (Å²) in [5, 5.41) is 0. The maximum atomic E-state index is 6.03. The molecule has 2 rings (SSSR count). The molecule has 3 heteroatoms. The summed E-state index contributed by atoms with van der Waals surface area (Å²) in [6.45, 7) is 9.07. The molecule has 1 saturated heterocycles. The number of halogens is 1. The van der Waals surface area contributed by atoms with Gasteiger partial charge in [-0.3, -0.25) is 4.90 Å². The summed E-state index contributed by atoms with van der Waals surface area (Å²) in [5.74, 6) is 0.600. The average molecular weight is 267 g/mol. The Morgan fingerprint density at radius 2 is 2.00 bits per heavy atom. The van der Waals surface area contributed by atoms with Crippen molar-refractivity contribution in [2.75, 3.05) is 31.1 Å². The molecule has 1 aromatic carbocycles. The highest BCUT2D eigenvalue weighted by Gasteiger charge is 2.26. The van der Waals surface area contributed by atoms with Crippen molar-refractivity contribution >= 4 is 17.3 Å². The van der Waals surface area contributed by atoms with E-state index in [2.05, 4.69) is 47.9 Å². The van der Waals surface area contributed by atoms with Crippen molar-refractivity contribution in [1.29, 1.82) is 0 Å². The van der Waals surface area contributed by atoms with Crippen molar-refractivity contribution in [2.45, 2.75) is 32.2 Å². The molecular weight excluding hydrogens is 244 g/mol. The topological polar surface area (TPSA) is 6.48 Å². The average Bonchev–Trinajstić information content (AvgIpc) is 2.89. The molecule has 1 unspecified atom stereocenters. The van der Waals surface area contributed by atoms with Crippen LogP contribution in [0.15, 0.2) is 24.3 Å². The molecule has 100 valence electrons. The predicted octanol–water partition coefficient (Wildman–Crippen LogP) is 3.35. The van der Waals surface area contributed by atoms with Crippen LogP contribution in [0.4, 0.5) is 5.69 Å². The Kier molecular flexibility index (Phi) is 4.90. The van der Waals surface area contributed by atoms with Gasteiger partial charge in [0.1, 0.15) is 0 Å². The molecule has 1 aliphatic rings. The molecule has 0 spiro atoms. The molecule has 0 aromatic heterocycles. The molecule has 0 N–H and O–H groups in total. The highest BCUT2D eigenvalue weighted by Crippen LogP contribution is 2.27. The molecule has 0 saturated carbocycles. The zero-order valence-electron chi connectivity index (χ0n) is 11.4. The van der Waals surface area contributed by atoms with E-state index in [4.69, 9.17) is 11.6 Å². The van der Waals surface area contributed by atoms with Crippen molar-refractivity contribution in [2.24, 2.45) is 0 Å². The molecule has 0 radical (unpaired) electrons. The number of benzene rings is 1. The molecular formula is C15H23ClN2. The summed E-state index contributed by atoms with van der Waals surface area (Å²) in [7, 11) is 0. The Morgan fingerprint density at radius 1 is 1.28 bits per heavy atom. The Morgan fingerprint density at radius 3 is 2.67 bits per heavy atom. The molecule has 1 aromatic rings. The summed E-state index contributed by atoms with van der Waals surface area (Å²) in [6.07, 6.45) is 1.26. The van der Waals surface area contributed by atoms with Crippen LogP contribution in [0.3, 0.4) is 0 Å². The van der Waals surface area contributed by atoms with E-state index in [1.165, 1.54) is 17.7 Å². The first-order valence-corrected chi connectivity index (χ1v) is 7.46. The van der Waals surface area contributed by atoms with E-state index in [9.17, 15) is 0 Å². The smallest absolute Gasteiger partial charge is 0.0494 e. The molecule has 18 heavy (non-hydrogen) atoms. The van der Waals surface area contributed by atoms with Crippen molar-refractivity contribution in [3.63, 3.8) is 0 Å². The summed E-state index contributed by atoms with van der Waals surface area (Å²) >= 11 is 6.03. The van der Waals surface area contributed by atoms with Gasteiger partial charge in [-0.25, -0.2) is 0 Å². The van der Waals surface area contributed by atoms with Crippen molar-refractivity contribution in [3.8, 4) is 0 Å². The lowest BCUT2D eigenvalue weighted by molar-refractivity contribution is 0.232. The van der Waals surface area contributed by atoms with Crippen LogP contribution in [0.25, 0.3) is 0 Å². The fourth-order valence-electron chi connectivity index (χ4n) is 2.93. The molecule has 1 heterocycles. The minimum Gasteiger partial charge on any atom is -0.370 e. The number of alkyl halides is 1. The quantitative estimate of drug-likeness (QED) is 0.754. The van der Waals surface area contributed by atoms with E-state index in [1.807, 2.05) is 0 Å². The molecule has 1 atom stereocenters.